The van der Waals surface area contributed by atoms with Crippen LogP contribution in [-0.4, -0.2) is 58.8 Å². The fraction of sp³-hybridized carbons (Fsp3) is 0.500. The second-order valence-electron chi connectivity index (χ2n) is 3.89. The van der Waals surface area contributed by atoms with Crippen molar-refractivity contribution in [3.8, 4) is 0 Å². The number of nitrogens with one attached hydrogen (secondary N) is 1. The summed E-state index contributed by atoms with van der Waals surface area (Å²) < 4.78 is 1.26. The Labute approximate surface area is 99.0 Å². The maximum absolute atomic E-state index is 11.8. The molecule has 0 radical (unpaired) electrons. The predicted octanol–water partition coefficient (Wildman–Crippen LogP) is -0.590. The fourth-order valence-electron chi connectivity index (χ4n) is 1.34. The van der Waals surface area contributed by atoms with E-state index >= 15 is 0 Å². The quantitative estimate of drug-likeness (QED) is 0.718. The van der Waals surface area contributed by atoms with Gasteiger partial charge in [0.2, 0.25) is 0 Å². The molecule has 1 heterocycles. The van der Waals surface area contributed by atoms with Crippen LogP contribution in [0.15, 0.2) is 6.20 Å². The van der Waals surface area contributed by atoms with Crippen LogP contribution in [0.1, 0.15) is 20.8 Å². The van der Waals surface area contributed by atoms with Gasteiger partial charge in [-0.15, -0.1) is 0 Å². The van der Waals surface area contributed by atoms with Crippen molar-refractivity contribution < 1.29 is 14.7 Å². The molecule has 1 amide bonds. The molecule has 1 aromatic rings. The fourth-order valence-corrected chi connectivity index (χ4v) is 1.34. The first-order valence-electron chi connectivity index (χ1n) is 5.11. The highest BCUT2D eigenvalue weighted by Gasteiger charge is 2.20. The summed E-state index contributed by atoms with van der Waals surface area (Å²) in [6.45, 7) is 1.14. The maximum atomic E-state index is 11.8. The molecule has 1 rings (SSSR count). The Morgan fingerprint density at radius 1 is 1.53 bits per heavy atom. The lowest BCUT2D eigenvalue weighted by Crippen LogP contribution is -2.33. The minimum atomic E-state index is -1.16. The van der Waals surface area contributed by atoms with Gasteiger partial charge < -0.3 is 15.3 Å². The van der Waals surface area contributed by atoms with Crippen molar-refractivity contribution in [2.75, 3.05) is 27.2 Å². The maximum Gasteiger partial charge on any atom is 0.339 e. The number of likely N-dealkylation sites (N-methyl/N-ethyl adjacent to an activating group) is 1. The molecule has 0 unspecified atom stereocenters. The molecule has 0 aliphatic rings. The van der Waals surface area contributed by atoms with Gasteiger partial charge in [-0.2, -0.15) is 5.10 Å². The number of aromatic carboxylic acids is 1. The second-order valence-corrected chi connectivity index (χ2v) is 3.89. The molecule has 0 aliphatic carbocycles. The summed E-state index contributed by atoms with van der Waals surface area (Å²) in [4.78, 5) is 24.6. The van der Waals surface area contributed by atoms with Crippen LogP contribution in [0, 0.1) is 0 Å². The topological polar surface area (TPSA) is 87.5 Å². The van der Waals surface area contributed by atoms with Crippen molar-refractivity contribution in [2.24, 2.45) is 7.05 Å². The van der Waals surface area contributed by atoms with E-state index in [-0.39, 0.29) is 11.3 Å². The van der Waals surface area contributed by atoms with Crippen LogP contribution in [0.25, 0.3) is 0 Å². The molecule has 0 atom stereocenters. The number of carbonyl (C=O) groups excluding carboxylic acids is 1. The zero-order chi connectivity index (χ0) is 13.0. The minimum Gasteiger partial charge on any atom is -0.478 e. The Morgan fingerprint density at radius 2 is 2.18 bits per heavy atom. The zero-order valence-corrected chi connectivity index (χ0v) is 10.1. The Hall–Kier alpha value is -1.89. The molecule has 1 aromatic heterocycles. The molecular weight excluding hydrogens is 224 g/mol. The molecular formula is C10H16N4O3. The smallest absolute Gasteiger partial charge is 0.339 e. The summed E-state index contributed by atoms with van der Waals surface area (Å²) in [5, 5.41) is 15.3. The molecule has 17 heavy (non-hydrogen) atoms. The summed E-state index contributed by atoms with van der Waals surface area (Å²) >= 11 is 0. The number of carbonyl (C=O) groups is 2. The van der Waals surface area contributed by atoms with E-state index in [1.807, 2.05) is 19.0 Å². The third-order valence-electron chi connectivity index (χ3n) is 2.23. The first kappa shape index (κ1) is 13.2. The first-order valence-corrected chi connectivity index (χ1v) is 5.11. The number of carboxylic acid groups (broad SMARTS) is 1. The third-order valence-corrected chi connectivity index (χ3v) is 2.23. The van der Waals surface area contributed by atoms with Crippen molar-refractivity contribution in [1.82, 2.24) is 20.0 Å². The highest BCUT2D eigenvalue weighted by Crippen LogP contribution is 2.06. The van der Waals surface area contributed by atoms with E-state index in [1.165, 1.54) is 17.9 Å². The van der Waals surface area contributed by atoms with E-state index in [1.54, 1.807) is 0 Å². The largest absolute Gasteiger partial charge is 0.478 e. The number of aryl methyl sites for hydroxylation is 1. The normalized spacial score (nSPS) is 10.6. The van der Waals surface area contributed by atoms with Crippen LogP contribution < -0.4 is 5.32 Å². The number of hydrogen-bond donors (Lipinski definition) is 2. The van der Waals surface area contributed by atoms with Crippen molar-refractivity contribution in [3.63, 3.8) is 0 Å². The van der Waals surface area contributed by atoms with Crippen molar-refractivity contribution in [3.05, 3.63) is 17.5 Å². The molecule has 0 aliphatic heterocycles. The Balaban J connectivity index is 2.74. The van der Waals surface area contributed by atoms with E-state index in [2.05, 4.69) is 10.4 Å². The highest BCUT2D eigenvalue weighted by atomic mass is 16.4. The summed E-state index contributed by atoms with van der Waals surface area (Å²) in [6, 6.07) is 0. The van der Waals surface area contributed by atoms with Gasteiger partial charge in [0.15, 0.2) is 0 Å². The number of amides is 1. The van der Waals surface area contributed by atoms with Gasteiger partial charge in [0.05, 0.1) is 6.20 Å². The van der Waals surface area contributed by atoms with Crippen LogP contribution in [0.3, 0.4) is 0 Å². The lowest BCUT2D eigenvalue weighted by atomic mass is 10.2. The summed E-state index contributed by atoms with van der Waals surface area (Å²) in [5.74, 6) is -1.58. The number of nitrogens with zero attached hydrogens (tertiary/aromatic N) is 3. The number of aromatic nitrogens is 2. The molecule has 2 N–H and O–H groups in total. The molecule has 7 heteroatoms. The van der Waals surface area contributed by atoms with Crippen LogP contribution in [0.4, 0.5) is 0 Å². The lowest BCUT2D eigenvalue weighted by Gasteiger charge is -2.10. The van der Waals surface area contributed by atoms with Gasteiger partial charge in [-0.3, -0.25) is 9.48 Å². The second kappa shape index (κ2) is 5.44. The molecule has 0 saturated carbocycles. The van der Waals surface area contributed by atoms with Gasteiger partial charge in [0.1, 0.15) is 11.3 Å². The third kappa shape index (κ3) is 3.28. The monoisotopic (exact) mass is 240 g/mol. The molecule has 0 saturated heterocycles. The van der Waals surface area contributed by atoms with Crippen molar-refractivity contribution in [2.45, 2.75) is 0 Å². The zero-order valence-electron chi connectivity index (χ0n) is 10.1. The summed E-state index contributed by atoms with van der Waals surface area (Å²) in [5.41, 5.74) is -0.0221. The van der Waals surface area contributed by atoms with E-state index in [9.17, 15) is 9.59 Å². The van der Waals surface area contributed by atoms with Gasteiger partial charge in [0, 0.05) is 20.1 Å². The SMILES string of the molecule is CN(C)CCNC(=O)c1c(C(=O)O)cnn1C. The molecule has 0 aromatic carbocycles. The van der Waals surface area contributed by atoms with Gasteiger partial charge in [-0.05, 0) is 14.1 Å². The van der Waals surface area contributed by atoms with Gasteiger partial charge in [-0.25, -0.2) is 4.79 Å². The number of hydrogen-bond acceptors (Lipinski definition) is 4. The molecule has 0 fully saturated rings. The van der Waals surface area contributed by atoms with Crippen molar-refractivity contribution in [1.29, 1.82) is 0 Å². The molecule has 94 valence electrons. The summed E-state index contributed by atoms with van der Waals surface area (Å²) in [7, 11) is 5.31. The average Bonchev–Trinajstić information content (AvgIpc) is 2.59. The van der Waals surface area contributed by atoms with Crippen molar-refractivity contribution >= 4 is 11.9 Å². The van der Waals surface area contributed by atoms with Crippen LogP contribution in [0.5, 0.6) is 0 Å². The molecule has 0 bridgehead atoms. The van der Waals surface area contributed by atoms with E-state index in [4.69, 9.17) is 5.11 Å². The van der Waals surface area contributed by atoms with Gasteiger partial charge in [-0.1, -0.05) is 0 Å². The Morgan fingerprint density at radius 3 is 2.71 bits per heavy atom. The van der Waals surface area contributed by atoms with Crippen LogP contribution in [-0.2, 0) is 7.05 Å². The summed E-state index contributed by atoms with van der Waals surface area (Å²) in [6.07, 6.45) is 1.17. The first-order chi connectivity index (χ1) is 7.93. The van der Waals surface area contributed by atoms with E-state index in [0.29, 0.717) is 13.1 Å². The van der Waals surface area contributed by atoms with E-state index in [0.717, 1.165) is 0 Å². The molecule has 0 spiro atoms. The van der Waals surface area contributed by atoms with Gasteiger partial charge in [0.25, 0.3) is 5.91 Å². The average molecular weight is 240 g/mol. The van der Waals surface area contributed by atoms with E-state index < -0.39 is 11.9 Å². The highest BCUT2D eigenvalue weighted by molar-refractivity contribution is 6.03. The standard InChI is InChI=1S/C10H16N4O3/c1-13(2)5-4-11-9(15)8-7(10(16)17)6-12-14(8)3/h6H,4-5H2,1-3H3,(H,11,15)(H,16,17). The van der Waals surface area contributed by atoms with Gasteiger partial charge >= 0.3 is 5.97 Å². The Kier molecular flexibility index (Phi) is 4.22. The number of carboxylic acids is 1. The minimum absolute atomic E-state index is 0.0660. The van der Waals surface area contributed by atoms with Crippen LogP contribution >= 0.6 is 0 Å². The predicted molar refractivity (Wildman–Crippen MR) is 61.1 cm³/mol. The Bertz CT molecular complexity index is 425. The molecule has 7 nitrogen and oxygen atoms in total. The number of rotatable bonds is 5. The van der Waals surface area contributed by atoms with Crippen LogP contribution in [0.2, 0.25) is 0 Å². The lowest BCUT2D eigenvalue weighted by molar-refractivity contribution is 0.0690.